The third-order valence-corrected chi connectivity index (χ3v) is 4.69. The Morgan fingerprint density at radius 3 is 1.97 bits per heavy atom. The molecule has 0 unspecified atom stereocenters. The zero-order valence-corrected chi connectivity index (χ0v) is 15.4. The van der Waals surface area contributed by atoms with Gasteiger partial charge in [-0.1, -0.05) is 48.5 Å². The second-order valence-corrected chi connectivity index (χ2v) is 6.65. The Morgan fingerprint density at radius 2 is 1.34 bits per heavy atom. The van der Waals surface area contributed by atoms with E-state index in [0.717, 1.165) is 27.9 Å². The highest BCUT2D eigenvalue weighted by atomic mass is 19.4. The largest absolute Gasteiger partial charge is 0.573 e. The van der Waals surface area contributed by atoms with Crippen LogP contribution in [0, 0.1) is 6.92 Å². The fourth-order valence-electron chi connectivity index (χ4n) is 3.39. The minimum Gasteiger partial charge on any atom is -0.406 e. The molecule has 0 fully saturated rings. The molecule has 0 atom stereocenters. The number of para-hydroxylation sites is 1. The van der Waals surface area contributed by atoms with Crippen molar-refractivity contribution in [3.05, 3.63) is 88.7 Å². The van der Waals surface area contributed by atoms with Gasteiger partial charge in [-0.2, -0.15) is 0 Å². The summed E-state index contributed by atoms with van der Waals surface area (Å²) >= 11 is 0. The van der Waals surface area contributed by atoms with Gasteiger partial charge in [-0.25, -0.2) is 0 Å². The van der Waals surface area contributed by atoms with Gasteiger partial charge in [0.1, 0.15) is 5.75 Å². The maximum absolute atomic E-state index is 12.9. The predicted octanol–water partition coefficient (Wildman–Crippen LogP) is 6.07. The van der Waals surface area contributed by atoms with Crippen molar-refractivity contribution in [3.8, 4) is 28.0 Å². The quantitative estimate of drug-likeness (QED) is 0.458. The van der Waals surface area contributed by atoms with Crippen LogP contribution in [-0.2, 0) is 0 Å². The van der Waals surface area contributed by atoms with Crippen LogP contribution in [0.5, 0.6) is 5.75 Å². The average molecular weight is 395 g/mol. The molecule has 0 amide bonds. The molecule has 4 aromatic rings. The van der Waals surface area contributed by atoms with Gasteiger partial charge in [0.05, 0.1) is 0 Å². The lowest BCUT2D eigenvalue weighted by Gasteiger charge is -2.11. The van der Waals surface area contributed by atoms with E-state index < -0.39 is 6.36 Å². The molecule has 29 heavy (non-hydrogen) atoms. The van der Waals surface area contributed by atoms with E-state index in [4.69, 9.17) is 0 Å². The van der Waals surface area contributed by atoms with E-state index in [0.29, 0.717) is 10.9 Å². The molecule has 146 valence electrons. The standard InChI is InChI=1S/C23H16F3NO2/c1-14-21(22(28)19-4-2-3-5-20(19)27-14)17-8-6-15(7-9-17)16-10-12-18(13-11-16)29-23(24,25)26/h2-13H,1H3,(H,27,28). The molecule has 0 aliphatic rings. The van der Waals surface area contributed by atoms with Crippen molar-refractivity contribution in [2.45, 2.75) is 13.3 Å². The van der Waals surface area contributed by atoms with Crippen LogP contribution in [0.3, 0.4) is 0 Å². The molecule has 6 heteroatoms. The molecular weight excluding hydrogens is 379 g/mol. The summed E-state index contributed by atoms with van der Waals surface area (Å²) in [4.78, 5) is 16.2. The number of hydrogen-bond acceptors (Lipinski definition) is 2. The van der Waals surface area contributed by atoms with Crippen LogP contribution in [0.15, 0.2) is 77.6 Å². The number of benzene rings is 3. The van der Waals surface area contributed by atoms with Crippen LogP contribution in [-0.4, -0.2) is 11.3 Å². The number of rotatable bonds is 3. The van der Waals surface area contributed by atoms with Crippen LogP contribution >= 0.6 is 0 Å². The molecule has 1 N–H and O–H groups in total. The summed E-state index contributed by atoms with van der Waals surface area (Å²) in [6.07, 6.45) is -4.71. The number of aromatic amines is 1. The Hall–Kier alpha value is -3.54. The molecule has 0 aliphatic heterocycles. The second kappa shape index (κ2) is 7.13. The van der Waals surface area contributed by atoms with Crippen molar-refractivity contribution in [1.29, 1.82) is 0 Å². The Bertz CT molecular complexity index is 1220. The van der Waals surface area contributed by atoms with Crippen LogP contribution in [0.4, 0.5) is 13.2 Å². The molecule has 0 radical (unpaired) electrons. The molecule has 0 aliphatic carbocycles. The third kappa shape index (κ3) is 3.87. The first kappa shape index (κ1) is 18.8. The van der Waals surface area contributed by atoms with Gasteiger partial charge in [0.15, 0.2) is 5.43 Å². The highest BCUT2D eigenvalue weighted by molar-refractivity contribution is 5.85. The summed E-state index contributed by atoms with van der Waals surface area (Å²) in [6.45, 7) is 1.86. The fraction of sp³-hybridized carbons (Fsp3) is 0.0870. The monoisotopic (exact) mass is 395 g/mol. The number of pyridine rings is 1. The maximum atomic E-state index is 12.9. The Labute approximate surface area is 164 Å². The van der Waals surface area contributed by atoms with Crippen molar-refractivity contribution in [2.75, 3.05) is 0 Å². The van der Waals surface area contributed by atoms with Gasteiger partial charge in [-0.05, 0) is 47.9 Å². The zero-order valence-electron chi connectivity index (χ0n) is 15.4. The van der Waals surface area contributed by atoms with E-state index >= 15 is 0 Å². The molecular formula is C23H16F3NO2. The van der Waals surface area contributed by atoms with Gasteiger partial charge in [0, 0.05) is 22.2 Å². The molecule has 1 heterocycles. The van der Waals surface area contributed by atoms with E-state index in [1.165, 1.54) is 12.1 Å². The first-order valence-corrected chi connectivity index (χ1v) is 8.90. The van der Waals surface area contributed by atoms with Crippen LogP contribution in [0.2, 0.25) is 0 Å². The predicted molar refractivity (Wildman–Crippen MR) is 107 cm³/mol. The highest BCUT2D eigenvalue weighted by Gasteiger charge is 2.30. The van der Waals surface area contributed by atoms with E-state index in [1.807, 2.05) is 49.4 Å². The van der Waals surface area contributed by atoms with Crippen molar-refractivity contribution in [1.82, 2.24) is 4.98 Å². The van der Waals surface area contributed by atoms with Crippen LogP contribution < -0.4 is 10.2 Å². The molecule has 0 spiro atoms. The Kier molecular flexibility index (Phi) is 4.62. The molecule has 0 saturated carbocycles. The van der Waals surface area contributed by atoms with Crippen LogP contribution in [0.25, 0.3) is 33.2 Å². The molecule has 3 nitrogen and oxygen atoms in total. The number of ether oxygens (including phenoxy) is 1. The van der Waals surface area contributed by atoms with Crippen molar-refractivity contribution in [2.24, 2.45) is 0 Å². The summed E-state index contributed by atoms with van der Waals surface area (Å²) in [7, 11) is 0. The molecule has 0 bridgehead atoms. The molecule has 0 saturated heterocycles. The lowest BCUT2D eigenvalue weighted by molar-refractivity contribution is -0.274. The van der Waals surface area contributed by atoms with Gasteiger partial charge in [-0.3, -0.25) is 4.79 Å². The van der Waals surface area contributed by atoms with Crippen molar-refractivity contribution in [3.63, 3.8) is 0 Å². The first-order chi connectivity index (χ1) is 13.8. The van der Waals surface area contributed by atoms with Gasteiger partial charge in [-0.15, -0.1) is 13.2 Å². The first-order valence-electron chi connectivity index (χ1n) is 8.90. The van der Waals surface area contributed by atoms with Gasteiger partial charge in [0.25, 0.3) is 0 Å². The molecule has 1 aromatic heterocycles. The Morgan fingerprint density at radius 1 is 0.793 bits per heavy atom. The second-order valence-electron chi connectivity index (χ2n) is 6.65. The highest BCUT2D eigenvalue weighted by Crippen LogP contribution is 2.28. The van der Waals surface area contributed by atoms with E-state index in [-0.39, 0.29) is 11.2 Å². The van der Waals surface area contributed by atoms with Crippen molar-refractivity contribution < 1.29 is 17.9 Å². The van der Waals surface area contributed by atoms with Crippen molar-refractivity contribution >= 4 is 10.9 Å². The topological polar surface area (TPSA) is 42.1 Å². The third-order valence-electron chi connectivity index (χ3n) is 4.69. The van der Waals surface area contributed by atoms with Gasteiger partial charge < -0.3 is 9.72 Å². The minimum atomic E-state index is -4.71. The van der Waals surface area contributed by atoms with E-state index in [1.54, 1.807) is 18.2 Å². The lowest BCUT2D eigenvalue weighted by Crippen LogP contribution is -2.16. The number of aryl methyl sites for hydroxylation is 1. The summed E-state index contributed by atoms with van der Waals surface area (Å²) in [5.41, 5.74) is 4.46. The number of hydrogen-bond donors (Lipinski definition) is 1. The number of aromatic nitrogens is 1. The minimum absolute atomic E-state index is 0.0433. The normalized spacial score (nSPS) is 11.6. The van der Waals surface area contributed by atoms with Crippen LogP contribution in [0.1, 0.15) is 5.69 Å². The van der Waals surface area contributed by atoms with Gasteiger partial charge in [0.2, 0.25) is 0 Å². The number of halogens is 3. The Balaban J connectivity index is 1.67. The summed E-state index contributed by atoms with van der Waals surface area (Å²) in [5.74, 6) is -0.267. The zero-order chi connectivity index (χ0) is 20.6. The lowest BCUT2D eigenvalue weighted by atomic mass is 9.98. The fourth-order valence-corrected chi connectivity index (χ4v) is 3.39. The number of alkyl halides is 3. The smallest absolute Gasteiger partial charge is 0.406 e. The number of fused-ring (bicyclic) bond motifs is 1. The maximum Gasteiger partial charge on any atom is 0.573 e. The molecule has 3 aromatic carbocycles. The summed E-state index contributed by atoms with van der Waals surface area (Å²) in [5, 5.41) is 0.623. The van der Waals surface area contributed by atoms with E-state index in [9.17, 15) is 18.0 Å². The average Bonchev–Trinajstić information content (AvgIpc) is 2.68. The molecule has 4 rings (SSSR count). The van der Waals surface area contributed by atoms with Gasteiger partial charge >= 0.3 is 6.36 Å². The summed E-state index contributed by atoms with van der Waals surface area (Å²) in [6, 6.07) is 20.4. The number of H-pyrrole nitrogens is 1. The summed E-state index contributed by atoms with van der Waals surface area (Å²) < 4.78 is 40.7. The number of nitrogens with one attached hydrogen (secondary N) is 1. The van der Waals surface area contributed by atoms with E-state index in [2.05, 4.69) is 9.72 Å². The SMILES string of the molecule is Cc1[nH]c2ccccc2c(=O)c1-c1ccc(-c2ccc(OC(F)(F)F)cc2)cc1.